The van der Waals surface area contributed by atoms with E-state index in [0.717, 1.165) is 45.2 Å². The number of nitrogens with one attached hydrogen (secondary N) is 1. The molecule has 1 heterocycles. The van der Waals surface area contributed by atoms with E-state index in [2.05, 4.69) is 39.0 Å². The van der Waals surface area contributed by atoms with E-state index in [1.54, 1.807) is 4.90 Å². The van der Waals surface area contributed by atoms with Crippen LogP contribution in [0, 0.1) is 0 Å². The second-order valence-electron chi connectivity index (χ2n) is 6.24. The predicted molar refractivity (Wildman–Crippen MR) is 77.0 cm³/mol. The summed E-state index contributed by atoms with van der Waals surface area (Å²) in [5, 5.41) is 0. The minimum Gasteiger partial charge on any atom is -0.488 e. The van der Waals surface area contributed by atoms with E-state index in [-0.39, 0.29) is 5.41 Å². The average molecular weight is 264 g/mol. The highest BCUT2D eigenvalue weighted by atomic mass is 16.5. The molecule has 19 heavy (non-hydrogen) atoms. The predicted octanol–water partition coefficient (Wildman–Crippen LogP) is 1.28. The third-order valence-corrected chi connectivity index (χ3v) is 3.62. The van der Waals surface area contributed by atoms with Gasteiger partial charge in [-0.1, -0.05) is 32.9 Å². The van der Waals surface area contributed by atoms with Crippen LogP contribution in [0.15, 0.2) is 24.3 Å². The molecule has 106 valence electrons. The van der Waals surface area contributed by atoms with Gasteiger partial charge in [-0.3, -0.25) is 0 Å². The van der Waals surface area contributed by atoms with Crippen LogP contribution in [0.4, 0.5) is 0 Å². The summed E-state index contributed by atoms with van der Waals surface area (Å²) >= 11 is 0. The Hall–Kier alpha value is -1.06. The fourth-order valence-corrected chi connectivity index (χ4v) is 2.28. The van der Waals surface area contributed by atoms with Crippen molar-refractivity contribution >= 4 is 0 Å². The van der Waals surface area contributed by atoms with Gasteiger partial charge in [-0.05, 0) is 23.1 Å². The van der Waals surface area contributed by atoms with Gasteiger partial charge in [0.25, 0.3) is 0 Å². The molecule has 1 aromatic rings. The fraction of sp³-hybridized carbons (Fsp3) is 0.625. The number of benzene rings is 1. The maximum Gasteiger partial charge on any atom is 0.137 e. The van der Waals surface area contributed by atoms with Crippen LogP contribution in [0.1, 0.15) is 26.3 Å². The van der Waals surface area contributed by atoms with E-state index in [4.69, 9.17) is 9.47 Å². The summed E-state index contributed by atoms with van der Waals surface area (Å²) in [5.41, 5.74) is 1.50. The van der Waals surface area contributed by atoms with Gasteiger partial charge in [-0.15, -0.1) is 0 Å². The van der Waals surface area contributed by atoms with E-state index in [9.17, 15) is 0 Å². The number of morpholine rings is 1. The van der Waals surface area contributed by atoms with Crippen molar-refractivity contribution in [3.8, 4) is 5.75 Å². The largest absolute Gasteiger partial charge is 0.488 e. The van der Waals surface area contributed by atoms with Gasteiger partial charge in [-0.25, -0.2) is 0 Å². The molecular weight excluding hydrogens is 238 g/mol. The van der Waals surface area contributed by atoms with Crippen LogP contribution in [0.3, 0.4) is 0 Å². The molecule has 1 aliphatic heterocycles. The number of hydrogen-bond donors (Lipinski definition) is 1. The first-order valence-corrected chi connectivity index (χ1v) is 7.20. The molecule has 0 atom stereocenters. The van der Waals surface area contributed by atoms with Crippen LogP contribution in [-0.2, 0) is 10.2 Å². The molecule has 0 saturated carbocycles. The summed E-state index contributed by atoms with van der Waals surface area (Å²) in [6, 6.07) is 8.45. The normalized spacial score (nSPS) is 17.4. The summed E-state index contributed by atoms with van der Waals surface area (Å²) < 4.78 is 11.2. The lowest BCUT2D eigenvalue weighted by Gasteiger charge is -2.24. The lowest BCUT2D eigenvalue weighted by molar-refractivity contribution is -0.908. The Bertz CT molecular complexity index is 392. The first-order valence-electron chi connectivity index (χ1n) is 7.20. The summed E-state index contributed by atoms with van der Waals surface area (Å²) in [5.74, 6) is 0.986. The average Bonchev–Trinajstić information content (AvgIpc) is 2.39. The van der Waals surface area contributed by atoms with E-state index < -0.39 is 0 Å². The van der Waals surface area contributed by atoms with Crippen LogP contribution >= 0.6 is 0 Å². The molecule has 1 aliphatic rings. The fourth-order valence-electron chi connectivity index (χ4n) is 2.28. The zero-order chi connectivity index (χ0) is 13.7. The lowest BCUT2D eigenvalue weighted by atomic mass is 9.87. The molecule has 0 aliphatic carbocycles. The SMILES string of the molecule is CC(C)(C)c1cccc(OCC[NH+]2CCOCC2)c1. The van der Waals surface area contributed by atoms with Crippen molar-refractivity contribution in [3.63, 3.8) is 0 Å². The number of hydrogen-bond acceptors (Lipinski definition) is 2. The smallest absolute Gasteiger partial charge is 0.137 e. The monoisotopic (exact) mass is 264 g/mol. The van der Waals surface area contributed by atoms with Crippen molar-refractivity contribution in [3.05, 3.63) is 29.8 Å². The Morgan fingerprint density at radius 2 is 1.95 bits per heavy atom. The number of ether oxygens (including phenoxy) is 2. The van der Waals surface area contributed by atoms with E-state index in [1.807, 2.05) is 6.07 Å². The van der Waals surface area contributed by atoms with Crippen molar-refractivity contribution in [2.45, 2.75) is 26.2 Å². The Kier molecular flexibility index (Phi) is 4.83. The maximum absolute atomic E-state index is 5.88. The molecule has 0 amide bonds. The van der Waals surface area contributed by atoms with Crippen LogP contribution < -0.4 is 9.64 Å². The Labute approximate surface area is 116 Å². The number of rotatable bonds is 4. The van der Waals surface area contributed by atoms with Gasteiger partial charge in [0.05, 0.1) is 13.2 Å². The molecule has 0 unspecified atom stereocenters. The third-order valence-electron chi connectivity index (χ3n) is 3.62. The highest BCUT2D eigenvalue weighted by molar-refractivity contribution is 5.32. The molecule has 0 aromatic heterocycles. The van der Waals surface area contributed by atoms with Gasteiger partial charge in [0.2, 0.25) is 0 Å². The minimum absolute atomic E-state index is 0.175. The minimum atomic E-state index is 0.175. The van der Waals surface area contributed by atoms with Gasteiger partial charge < -0.3 is 14.4 Å². The first kappa shape index (κ1) is 14.4. The van der Waals surface area contributed by atoms with Crippen molar-refractivity contribution in [1.82, 2.24) is 0 Å². The molecule has 0 spiro atoms. The standard InChI is InChI=1S/C16H25NO2/c1-16(2,3)14-5-4-6-15(13-14)19-12-9-17-7-10-18-11-8-17/h4-6,13H,7-12H2,1-3H3/p+1. The summed E-state index contributed by atoms with van der Waals surface area (Å²) in [6.07, 6.45) is 0. The molecule has 1 N–H and O–H groups in total. The van der Waals surface area contributed by atoms with Gasteiger partial charge in [-0.2, -0.15) is 0 Å². The Morgan fingerprint density at radius 1 is 1.21 bits per heavy atom. The maximum atomic E-state index is 5.88. The highest BCUT2D eigenvalue weighted by Crippen LogP contribution is 2.25. The van der Waals surface area contributed by atoms with Crippen molar-refractivity contribution < 1.29 is 14.4 Å². The quantitative estimate of drug-likeness (QED) is 0.885. The van der Waals surface area contributed by atoms with Crippen LogP contribution in [0.5, 0.6) is 5.75 Å². The van der Waals surface area contributed by atoms with Gasteiger partial charge in [0.15, 0.2) is 0 Å². The van der Waals surface area contributed by atoms with Crippen molar-refractivity contribution in [2.24, 2.45) is 0 Å². The van der Waals surface area contributed by atoms with Gasteiger partial charge in [0, 0.05) is 0 Å². The van der Waals surface area contributed by atoms with E-state index in [0.29, 0.717) is 0 Å². The molecule has 1 saturated heterocycles. The molecule has 2 rings (SSSR count). The summed E-state index contributed by atoms with van der Waals surface area (Å²) in [6.45, 7) is 12.5. The molecular formula is C16H26NO2+. The van der Waals surface area contributed by atoms with E-state index in [1.165, 1.54) is 5.56 Å². The van der Waals surface area contributed by atoms with Gasteiger partial charge >= 0.3 is 0 Å². The van der Waals surface area contributed by atoms with Crippen molar-refractivity contribution in [1.29, 1.82) is 0 Å². The van der Waals surface area contributed by atoms with Gasteiger partial charge in [0.1, 0.15) is 32.0 Å². The lowest BCUT2D eigenvalue weighted by Crippen LogP contribution is -3.14. The molecule has 0 radical (unpaired) electrons. The Morgan fingerprint density at radius 3 is 2.63 bits per heavy atom. The first-order chi connectivity index (χ1) is 9.05. The number of quaternary nitrogens is 1. The third kappa shape index (κ3) is 4.51. The second-order valence-corrected chi connectivity index (χ2v) is 6.24. The topological polar surface area (TPSA) is 22.9 Å². The van der Waals surface area contributed by atoms with Crippen LogP contribution in [-0.4, -0.2) is 39.5 Å². The highest BCUT2D eigenvalue weighted by Gasteiger charge is 2.15. The molecule has 0 bridgehead atoms. The zero-order valence-electron chi connectivity index (χ0n) is 12.4. The van der Waals surface area contributed by atoms with E-state index >= 15 is 0 Å². The molecule has 3 heteroatoms. The Balaban J connectivity index is 1.82. The summed E-state index contributed by atoms with van der Waals surface area (Å²) in [4.78, 5) is 1.58. The van der Waals surface area contributed by atoms with Crippen LogP contribution in [0.25, 0.3) is 0 Å². The molecule has 1 aromatic carbocycles. The molecule has 3 nitrogen and oxygen atoms in total. The zero-order valence-corrected chi connectivity index (χ0v) is 12.4. The van der Waals surface area contributed by atoms with Crippen LogP contribution in [0.2, 0.25) is 0 Å². The molecule has 1 fully saturated rings. The van der Waals surface area contributed by atoms with Crippen molar-refractivity contribution in [2.75, 3.05) is 39.5 Å². The summed E-state index contributed by atoms with van der Waals surface area (Å²) in [7, 11) is 0. The second kappa shape index (κ2) is 6.40.